The third-order valence-corrected chi connectivity index (χ3v) is 8.63. The molecular formula is C45H36N6O12. The fourth-order valence-corrected chi connectivity index (χ4v) is 5.64. The van der Waals surface area contributed by atoms with Crippen molar-refractivity contribution in [2.24, 2.45) is 0 Å². The van der Waals surface area contributed by atoms with Gasteiger partial charge in [0.05, 0.1) is 38.6 Å². The topological polar surface area (TPSA) is 223 Å². The van der Waals surface area contributed by atoms with Gasteiger partial charge in [0.25, 0.3) is 17.7 Å². The summed E-state index contributed by atoms with van der Waals surface area (Å²) in [4.78, 5) is 48.4. The molecule has 7 aromatic rings. The van der Waals surface area contributed by atoms with Crippen LogP contribution < -0.4 is 14.2 Å². The number of hydrogen-bond acceptors (Lipinski definition) is 18. The number of aromatic nitrogens is 6. The highest BCUT2D eigenvalue weighted by Crippen LogP contribution is 2.34. The highest BCUT2D eigenvalue weighted by Gasteiger charge is 2.20. The van der Waals surface area contributed by atoms with E-state index in [1.165, 1.54) is 0 Å². The highest BCUT2D eigenvalue weighted by atomic mass is 16.6. The summed E-state index contributed by atoms with van der Waals surface area (Å²) >= 11 is 0. The van der Waals surface area contributed by atoms with Crippen LogP contribution in [0.4, 0.5) is 0 Å². The monoisotopic (exact) mass is 852 g/mol. The van der Waals surface area contributed by atoms with E-state index in [1.54, 1.807) is 91.0 Å². The molecule has 0 saturated carbocycles. The van der Waals surface area contributed by atoms with Crippen LogP contribution in [0.5, 0.6) is 17.2 Å². The van der Waals surface area contributed by atoms with Crippen molar-refractivity contribution in [3.63, 3.8) is 0 Å². The zero-order valence-corrected chi connectivity index (χ0v) is 33.3. The Morgan fingerprint density at radius 3 is 1.16 bits per heavy atom. The van der Waals surface area contributed by atoms with Gasteiger partial charge in [-0.25, -0.2) is 4.79 Å². The Kier molecular flexibility index (Phi) is 13.8. The minimum atomic E-state index is -0.530. The van der Waals surface area contributed by atoms with Crippen LogP contribution in [-0.4, -0.2) is 74.8 Å². The van der Waals surface area contributed by atoms with Crippen LogP contribution in [-0.2, 0) is 28.6 Å². The Morgan fingerprint density at radius 2 is 0.825 bits per heavy atom. The van der Waals surface area contributed by atoms with Crippen LogP contribution in [0.15, 0.2) is 143 Å². The molecule has 0 unspecified atom stereocenters. The smallest absolute Gasteiger partial charge is 0.330 e. The molecule has 4 aromatic carbocycles. The van der Waals surface area contributed by atoms with E-state index < -0.39 is 17.9 Å². The lowest BCUT2D eigenvalue weighted by molar-refractivity contribution is -0.139. The number of carbonyl (C=O) groups excluding carboxylic acids is 3. The lowest BCUT2D eigenvalue weighted by Crippen LogP contribution is -2.10. The molecule has 0 aliphatic carbocycles. The predicted octanol–water partition coefficient (Wildman–Crippen LogP) is 7.86. The summed E-state index contributed by atoms with van der Waals surface area (Å²) in [6.07, 6.45) is 3.34. The molecule has 0 aliphatic rings. The average molecular weight is 853 g/mol. The Bertz CT molecular complexity index is 2580. The molecule has 0 bridgehead atoms. The van der Waals surface area contributed by atoms with E-state index in [0.29, 0.717) is 68.1 Å². The first-order valence-corrected chi connectivity index (χ1v) is 19.1. The molecule has 0 spiro atoms. The van der Waals surface area contributed by atoms with Crippen LogP contribution in [0, 0.1) is 0 Å². The van der Waals surface area contributed by atoms with Gasteiger partial charge in [-0.3, -0.25) is 9.59 Å². The van der Waals surface area contributed by atoms with Crippen molar-refractivity contribution in [3.8, 4) is 85.8 Å². The molecule has 0 aliphatic heterocycles. The molecule has 3 heterocycles. The predicted molar refractivity (Wildman–Crippen MR) is 222 cm³/mol. The van der Waals surface area contributed by atoms with Gasteiger partial charge in [0.15, 0.2) is 0 Å². The Hall–Kier alpha value is -8.67. The van der Waals surface area contributed by atoms with E-state index in [0.717, 1.165) is 18.6 Å². The highest BCUT2D eigenvalue weighted by molar-refractivity contribution is 5.81. The van der Waals surface area contributed by atoms with Crippen LogP contribution >= 0.6 is 0 Å². The van der Waals surface area contributed by atoms with Crippen molar-refractivity contribution in [2.75, 3.05) is 26.4 Å². The van der Waals surface area contributed by atoms with Crippen LogP contribution in [0.25, 0.3) is 68.5 Å². The number of esters is 3. The summed E-state index contributed by atoms with van der Waals surface area (Å²) in [6, 6.07) is 26.1. The fourth-order valence-electron chi connectivity index (χ4n) is 5.64. The third-order valence-electron chi connectivity index (χ3n) is 8.63. The summed E-state index contributed by atoms with van der Waals surface area (Å²) in [5, 5.41) is 12.6. The van der Waals surface area contributed by atoms with E-state index in [9.17, 15) is 14.4 Å². The molecule has 3 aromatic heterocycles. The number of nitrogens with zero attached hydrogens (tertiary/aromatic N) is 6. The molecule has 0 amide bonds. The van der Waals surface area contributed by atoms with Gasteiger partial charge in [0.1, 0.15) is 30.5 Å². The molecule has 0 atom stereocenters. The van der Waals surface area contributed by atoms with E-state index in [4.69, 9.17) is 42.0 Å². The molecule has 0 radical (unpaired) electrons. The molecule has 18 nitrogen and oxygen atoms in total. The summed E-state index contributed by atoms with van der Waals surface area (Å²) in [6.45, 7) is 10.6. The number of benzene rings is 4. The van der Waals surface area contributed by atoms with Crippen molar-refractivity contribution < 1.29 is 56.4 Å². The second-order valence-corrected chi connectivity index (χ2v) is 12.9. The number of carbonyl (C=O) groups is 3. The van der Waals surface area contributed by atoms with Crippen molar-refractivity contribution >= 4 is 17.9 Å². The second-order valence-electron chi connectivity index (χ2n) is 12.9. The van der Waals surface area contributed by atoms with Crippen LogP contribution in [0.1, 0.15) is 12.8 Å². The number of rotatable bonds is 21. The van der Waals surface area contributed by atoms with E-state index in [2.05, 4.69) is 50.2 Å². The minimum Gasteiger partial charge on any atom is -0.493 e. The number of ether oxygens (including phenoxy) is 6. The van der Waals surface area contributed by atoms with Gasteiger partial charge in [-0.2, -0.15) is 15.0 Å². The normalized spacial score (nSPS) is 10.7. The maximum Gasteiger partial charge on any atom is 0.330 e. The number of hydrogen-bond donors (Lipinski definition) is 0. The van der Waals surface area contributed by atoms with Crippen LogP contribution in [0.3, 0.4) is 0 Å². The zero-order chi connectivity index (χ0) is 44.0. The molecule has 7 rings (SSSR count). The summed E-state index contributed by atoms with van der Waals surface area (Å²) in [5.41, 5.74) is 3.36. The SMILES string of the molecule is C=COC(=O)CCOc1ccc(-c2noc(-c3cc(-c4nc(-c5ccc(OCCOC(=O)C=C)cc5)no4)cc(-c4nc(-c5ccc(OCCC(=O)OC=C)cc5)no4)c3)n2)cc1. The van der Waals surface area contributed by atoms with Crippen molar-refractivity contribution in [2.45, 2.75) is 12.8 Å². The average Bonchev–Trinajstić information content (AvgIpc) is 4.12. The Balaban J connectivity index is 1.12. The molecule has 18 heteroatoms. The molecule has 63 heavy (non-hydrogen) atoms. The van der Waals surface area contributed by atoms with E-state index >= 15 is 0 Å². The summed E-state index contributed by atoms with van der Waals surface area (Å²) in [7, 11) is 0. The van der Waals surface area contributed by atoms with Crippen molar-refractivity contribution in [1.29, 1.82) is 0 Å². The molecular weight excluding hydrogens is 817 g/mol. The second kappa shape index (κ2) is 20.5. The third kappa shape index (κ3) is 11.3. The van der Waals surface area contributed by atoms with E-state index in [-0.39, 0.29) is 56.9 Å². The van der Waals surface area contributed by atoms with Crippen molar-refractivity contribution in [1.82, 2.24) is 30.4 Å². The maximum atomic E-state index is 11.6. The van der Waals surface area contributed by atoms with Crippen molar-refractivity contribution in [3.05, 3.63) is 129 Å². The largest absolute Gasteiger partial charge is 0.493 e. The van der Waals surface area contributed by atoms with Gasteiger partial charge in [-0.1, -0.05) is 35.2 Å². The van der Waals surface area contributed by atoms with Gasteiger partial charge in [0, 0.05) is 39.5 Å². The molecule has 0 fully saturated rings. The van der Waals surface area contributed by atoms with E-state index in [1.807, 2.05) is 0 Å². The fraction of sp³-hybridized carbons (Fsp3) is 0.133. The van der Waals surface area contributed by atoms with Gasteiger partial charge in [-0.05, 0) is 91.0 Å². The first-order chi connectivity index (χ1) is 30.8. The molecule has 0 saturated heterocycles. The maximum absolute atomic E-state index is 11.6. The standard InChI is InChI=1S/C45H36N6O12/c1-4-37(52)60-24-23-59-36-17-11-30(12-18-36)42-48-45(63-51-42)33-26-31(43-46-40(49-61-43)28-7-13-34(14-8-28)57-21-19-38(53)55-5-2)25-32(27-33)44-47-41(50-62-44)29-9-15-35(16-10-29)58-22-20-39(54)56-6-3/h4-18,25-27H,1-3,19-24H2. The molecule has 318 valence electrons. The lowest BCUT2D eigenvalue weighted by atomic mass is 10.0. The first-order valence-electron chi connectivity index (χ1n) is 19.1. The summed E-state index contributed by atoms with van der Waals surface area (Å²) in [5.74, 6) is 1.57. The lowest BCUT2D eigenvalue weighted by Gasteiger charge is -2.06. The first kappa shape index (κ1) is 42.5. The summed E-state index contributed by atoms with van der Waals surface area (Å²) < 4.78 is 48.5. The zero-order valence-electron chi connectivity index (χ0n) is 33.3. The van der Waals surface area contributed by atoms with Gasteiger partial charge < -0.3 is 42.0 Å². The Morgan fingerprint density at radius 1 is 0.476 bits per heavy atom. The Labute approximate surface area is 358 Å². The van der Waals surface area contributed by atoms with Crippen LogP contribution in [0.2, 0.25) is 0 Å². The van der Waals surface area contributed by atoms with Gasteiger partial charge >= 0.3 is 17.9 Å². The van der Waals surface area contributed by atoms with Gasteiger partial charge in [0.2, 0.25) is 17.5 Å². The minimum absolute atomic E-state index is 0.0574. The molecule has 0 N–H and O–H groups in total. The van der Waals surface area contributed by atoms with Gasteiger partial charge in [-0.15, -0.1) is 0 Å². The quantitative estimate of drug-likeness (QED) is 0.0220.